The maximum absolute atomic E-state index is 11.9. The van der Waals surface area contributed by atoms with E-state index in [2.05, 4.69) is 17.2 Å². The zero-order valence-corrected chi connectivity index (χ0v) is 13.3. The number of aromatic nitrogens is 1. The summed E-state index contributed by atoms with van der Waals surface area (Å²) in [5.74, 6) is -0.337. The third-order valence-corrected chi connectivity index (χ3v) is 4.36. The fourth-order valence-electron chi connectivity index (χ4n) is 1.64. The second-order valence-corrected chi connectivity index (χ2v) is 6.01. The van der Waals surface area contributed by atoms with E-state index in [1.54, 1.807) is 11.3 Å². The molecule has 0 bridgehead atoms. The maximum Gasteiger partial charge on any atom is 0.262 e. The van der Waals surface area contributed by atoms with Crippen LogP contribution in [0.5, 0.6) is 0 Å². The molecule has 0 aromatic carbocycles. The van der Waals surface area contributed by atoms with Gasteiger partial charge in [-0.15, -0.1) is 11.3 Å². The molecule has 2 aromatic rings. The molecule has 2 heterocycles. The van der Waals surface area contributed by atoms with E-state index in [1.165, 1.54) is 17.4 Å². The lowest BCUT2D eigenvalue weighted by Gasteiger charge is -2.01. The van der Waals surface area contributed by atoms with E-state index in [-0.39, 0.29) is 11.5 Å². The van der Waals surface area contributed by atoms with E-state index in [4.69, 9.17) is 5.26 Å². The summed E-state index contributed by atoms with van der Waals surface area (Å²) in [4.78, 5) is 16.3. The molecule has 1 amide bonds. The van der Waals surface area contributed by atoms with Crippen molar-refractivity contribution in [3.63, 3.8) is 0 Å². The van der Waals surface area contributed by atoms with Gasteiger partial charge in [0.25, 0.3) is 5.91 Å². The van der Waals surface area contributed by atoms with Crippen LogP contribution in [0.25, 0.3) is 16.6 Å². The molecule has 0 fully saturated rings. The minimum atomic E-state index is -0.337. The molecule has 0 aliphatic carbocycles. The summed E-state index contributed by atoms with van der Waals surface area (Å²) in [5, 5.41) is 18.6. The Balaban J connectivity index is 2.10. The molecule has 108 valence electrons. The van der Waals surface area contributed by atoms with Crippen LogP contribution in [0, 0.1) is 11.3 Å². The van der Waals surface area contributed by atoms with Crippen molar-refractivity contribution in [2.75, 3.05) is 6.54 Å². The summed E-state index contributed by atoms with van der Waals surface area (Å²) in [6.45, 7) is 2.64. The predicted molar refractivity (Wildman–Crippen MR) is 86.9 cm³/mol. The fourth-order valence-corrected chi connectivity index (χ4v) is 3.13. The first-order valence-electron chi connectivity index (χ1n) is 6.62. The van der Waals surface area contributed by atoms with Gasteiger partial charge in [0.2, 0.25) is 0 Å². The van der Waals surface area contributed by atoms with Gasteiger partial charge in [0.05, 0.1) is 5.69 Å². The summed E-state index contributed by atoms with van der Waals surface area (Å²) in [7, 11) is 0. The second-order valence-electron chi connectivity index (χ2n) is 4.37. The van der Waals surface area contributed by atoms with E-state index >= 15 is 0 Å². The van der Waals surface area contributed by atoms with Crippen molar-refractivity contribution in [1.29, 1.82) is 5.26 Å². The number of hydrogen-bond donors (Lipinski definition) is 1. The Bertz CT molecular complexity index is 665. The van der Waals surface area contributed by atoms with Gasteiger partial charge in [0.1, 0.15) is 16.6 Å². The SMILES string of the molecule is CCCCNC(=O)/C(C#N)=C\c1csc(-c2ccsc2)n1. The molecule has 0 spiro atoms. The zero-order chi connectivity index (χ0) is 15.1. The Morgan fingerprint density at radius 2 is 2.38 bits per heavy atom. The highest BCUT2D eigenvalue weighted by Crippen LogP contribution is 2.26. The van der Waals surface area contributed by atoms with E-state index in [0.29, 0.717) is 12.2 Å². The van der Waals surface area contributed by atoms with E-state index in [9.17, 15) is 4.79 Å². The third kappa shape index (κ3) is 4.25. The fraction of sp³-hybridized carbons (Fsp3) is 0.267. The van der Waals surface area contributed by atoms with Gasteiger partial charge in [0.15, 0.2) is 0 Å². The van der Waals surface area contributed by atoms with Gasteiger partial charge in [-0.1, -0.05) is 13.3 Å². The molecule has 2 rings (SSSR count). The summed E-state index contributed by atoms with van der Waals surface area (Å²) in [6, 6.07) is 3.94. The summed E-state index contributed by atoms with van der Waals surface area (Å²) < 4.78 is 0. The summed E-state index contributed by atoms with van der Waals surface area (Å²) >= 11 is 3.12. The lowest BCUT2D eigenvalue weighted by Crippen LogP contribution is -2.25. The number of amides is 1. The number of carbonyl (C=O) groups is 1. The molecule has 0 unspecified atom stereocenters. The van der Waals surface area contributed by atoms with Gasteiger partial charge in [-0.05, 0) is 23.9 Å². The number of nitriles is 1. The van der Waals surface area contributed by atoms with Crippen molar-refractivity contribution in [1.82, 2.24) is 10.3 Å². The first kappa shape index (κ1) is 15.4. The largest absolute Gasteiger partial charge is 0.351 e. The van der Waals surface area contributed by atoms with Crippen molar-refractivity contribution >= 4 is 34.7 Å². The highest BCUT2D eigenvalue weighted by Gasteiger charge is 2.10. The van der Waals surface area contributed by atoms with Gasteiger partial charge in [0, 0.05) is 22.9 Å². The molecule has 0 saturated heterocycles. The van der Waals surface area contributed by atoms with Gasteiger partial charge < -0.3 is 5.32 Å². The van der Waals surface area contributed by atoms with Crippen molar-refractivity contribution in [2.45, 2.75) is 19.8 Å². The number of nitrogens with one attached hydrogen (secondary N) is 1. The molecule has 0 saturated carbocycles. The van der Waals surface area contributed by atoms with Crippen LogP contribution >= 0.6 is 22.7 Å². The lowest BCUT2D eigenvalue weighted by atomic mass is 10.2. The number of thiazole rings is 1. The van der Waals surface area contributed by atoms with Gasteiger partial charge in [-0.2, -0.15) is 16.6 Å². The molecule has 1 N–H and O–H groups in total. The minimum Gasteiger partial charge on any atom is -0.351 e. The first-order valence-corrected chi connectivity index (χ1v) is 8.45. The van der Waals surface area contributed by atoms with Crippen LogP contribution in [-0.2, 0) is 4.79 Å². The topological polar surface area (TPSA) is 65.8 Å². The first-order chi connectivity index (χ1) is 10.2. The average molecular weight is 317 g/mol. The molecule has 4 nitrogen and oxygen atoms in total. The van der Waals surface area contributed by atoms with Crippen LogP contribution in [-0.4, -0.2) is 17.4 Å². The molecule has 0 atom stereocenters. The standard InChI is InChI=1S/C15H15N3OS2/c1-2-3-5-17-14(19)12(8-16)7-13-10-21-15(18-13)11-4-6-20-9-11/h4,6-7,9-10H,2-3,5H2,1H3,(H,17,19)/b12-7-. The Kier molecular flexibility index (Phi) is 5.67. The van der Waals surface area contributed by atoms with Crippen molar-refractivity contribution in [3.8, 4) is 16.6 Å². The third-order valence-electron chi connectivity index (χ3n) is 2.76. The monoisotopic (exact) mass is 317 g/mol. The van der Waals surface area contributed by atoms with Crippen molar-refractivity contribution < 1.29 is 4.79 Å². The van der Waals surface area contributed by atoms with Crippen LogP contribution in [0.1, 0.15) is 25.5 Å². The Labute approximate surface area is 131 Å². The van der Waals surface area contributed by atoms with E-state index < -0.39 is 0 Å². The number of unbranched alkanes of at least 4 members (excludes halogenated alkanes) is 1. The molecule has 2 aromatic heterocycles. The molecule has 0 aliphatic heterocycles. The van der Waals surface area contributed by atoms with Crippen LogP contribution in [0.3, 0.4) is 0 Å². The summed E-state index contributed by atoms with van der Waals surface area (Å²) in [5.41, 5.74) is 1.80. The average Bonchev–Trinajstić information content (AvgIpc) is 3.15. The van der Waals surface area contributed by atoms with E-state index in [1.807, 2.05) is 28.3 Å². The molecular formula is C15H15N3OS2. The quantitative estimate of drug-likeness (QED) is 0.502. The molecule has 6 heteroatoms. The number of hydrogen-bond acceptors (Lipinski definition) is 5. The number of nitrogens with zero attached hydrogens (tertiary/aromatic N) is 2. The highest BCUT2D eigenvalue weighted by molar-refractivity contribution is 7.14. The molecule has 0 radical (unpaired) electrons. The number of rotatable bonds is 6. The zero-order valence-electron chi connectivity index (χ0n) is 11.6. The van der Waals surface area contributed by atoms with Gasteiger partial charge >= 0.3 is 0 Å². The lowest BCUT2D eigenvalue weighted by molar-refractivity contribution is -0.117. The van der Waals surface area contributed by atoms with Crippen LogP contribution < -0.4 is 5.32 Å². The maximum atomic E-state index is 11.9. The second kappa shape index (κ2) is 7.72. The molecular weight excluding hydrogens is 302 g/mol. The van der Waals surface area contributed by atoms with Gasteiger partial charge in [-0.3, -0.25) is 4.79 Å². The molecule has 21 heavy (non-hydrogen) atoms. The normalized spacial score (nSPS) is 11.1. The minimum absolute atomic E-state index is 0.0910. The van der Waals surface area contributed by atoms with Crippen molar-refractivity contribution in [2.24, 2.45) is 0 Å². The predicted octanol–water partition coefficient (Wildman–Crippen LogP) is 3.69. The highest BCUT2D eigenvalue weighted by atomic mass is 32.1. The Morgan fingerprint density at radius 3 is 3.05 bits per heavy atom. The Morgan fingerprint density at radius 1 is 1.52 bits per heavy atom. The van der Waals surface area contributed by atoms with Crippen LogP contribution in [0.4, 0.5) is 0 Å². The summed E-state index contributed by atoms with van der Waals surface area (Å²) in [6.07, 6.45) is 3.44. The van der Waals surface area contributed by atoms with E-state index in [0.717, 1.165) is 23.4 Å². The number of carbonyl (C=O) groups excluding carboxylic acids is 1. The van der Waals surface area contributed by atoms with Crippen molar-refractivity contribution in [3.05, 3.63) is 33.5 Å². The smallest absolute Gasteiger partial charge is 0.262 e. The molecule has 0 aliphatic rings. The van der Waals surface area contributed by atoms with Crippen LogP contribution in [0.2, 0.25) is 0 Å². The Hall–Kier alpha value is -1.97. The van der Waals surface area contributed by atoms with Gasteiger partial charge in [-0.25, -0.2) is 4.98 Å². The van der Waals surface area contributed by atoms with Crippen LogP contribution in [0.15, 0.2) is 27.8 Å². The number of thiophene rings is 1.